The van der Waals surface area contributed by atoms with Gasteiger partial charge in [-0.05, 0) is 42.3 Å². The molecule has 3 heterocycles. The number of fused-ring (bicyclic) bond motifs is 1. The van der Waals surface area contributed by atoms with Crippen LogP contribution >= 0.6 is 0 Å². The Kier molecular flexibility index (Phi) is 6.31. The zero-order valence-corrected chi connectivity index (χ0v) is 18.4. The predicted molar refractivity (Wildman–Crippen MR) is 121 cm³/mol. The number of nitrogens with one attached hydrogen (secondary N) is 2. The van der Waals surface area contributed by atoms with Crippen LogP contribution in [-0.2, 0) is 13.0 Å². The van der Waals surface area contributed by atoms with Gasteiger partial charge in [0.1, 0.15) is 11.6 Å². The summed E-state index contributed by atoms with van der Waals surface area (Å²) in [4.78, 5) is 12.3. The number of nitrogens with zero attached hydrogens (tertiary/aromatic N) is 5. The molecular formula is C22H27FN8O. The molecule has 0 aliphatic rings. The number of methoxy groups -OCH3 is 1. The quantitative estimate of drug-likeness (QED) is 0.271. The van der Waals surface area contributed by atoms with E-state index in [4.69, 9.17) is 15.5 Å². The number of hydrogen-bond acceptors (Lipinski definition) is 7. The van der Waals surface area contributed by atoms with Crippen LogP contribution in [0, 0.1) is 12.0 Å². The van der Waals surface area contributed by atoms with Crippen LogP contribution < -0.4 is 15.8 Å². The molecule has 32 heavy (non-hydrogen) atoms. The molecule has 0 aliphatic carbocycles. The van der Waals surface area contributed by atoms with Crippen molar-refractivity contribution in [1.82, 2.24) is 35.0 Å². The molecule has 4 rings (SSSR count). The highest BCUT2D eigenvalue weighted by molar-refractivity contribution is 5.82. The van der Waals surface area contributed by atoms with Crippen LogP contribution in [0.3, 0.4) is 0 Å². The normalized spacial score (nSPS) is 11.5. The van der Waals surface area contributed by atoms with E-state index in [1.807, 2.05) is 28.8 Å². The van der Waals surface area contributed by atoms with Crippen molar-refractivity contribution in [3.8, 4) is 17.0 Å². The van der Waals surface area contributed by atoms with Gasteiger partial charge in [0.05, 0.1) is 12.8 Å². The topological polar surface area (TPSA) is 120 Å². The van der Waals surface area contributed by atoms with Gasteiger partial charge < -0.3 is 20.4 Å². The Hall–Kier alpha value is -3.53. The first-order valence-electron chi connectivity index (χ1n) is 10.5. The summed E-state index contributed by atoms with van der Waals surface area (Å²) in [6, 6.07) is 7.75. The maximum Gasteiger partial charge on any atom is 0.312 e. The fourth-order valence-corrected chi connectivity index (χ4v) is 3.67. The number of aromatic nitrogens is 6. The fraction of sp³-hybridized carbons (Fsp3) is 0.364. The van der Waals surface area contributed by atoms with Gasteiger partial charge in [-0.3, -0.25) is 5.10 Å². The summed E-state index contributed by atoms with van der Waals surface area (Å²) >= 11 is 0. The van der Waals surface area contributed by atoms with Crippen LogP contribution in [0.5, 0.6) is 5.75 Å². The minimum absolute atomic E-state index is 0.0297. The molecule has 4 N–H and O–H groups in total. The van der Waals surface area contributed by atoms with E-state index in [0.717, 1.165) is 29.1 Å². The minimum atomic E-state index is -0.864. The summed E-state index contributed by atoms with van der Waals surface area (Å²) in [5, 5.41) is 10.5. The number of nitrogen functional groups attached to an aromatic ring is 1. The van der Waals surface area contributed by atoms with Gasteiger partial charge in [0.25, 0.3) is 0 Å². The molecule has 4 aromatic rings. The van der Waals surface area contributed by atoms with Gasteiger partial charge in [-0.1, -0.05) is 13.8 Å². The lowest BCUT2D eigenvalue weighted by molar-refractivity contribution is 0.414. The summed E-state index contributed by atoms with van der Waals surface area (Å²) in [6.07, 6.45) is 1.31. The monoisotopic (exact) mass is 438 g/mol. The molecule has 0 saturated carbocycles. The van der Waals surface area contributed by atoms with Gasteiger partial charge in [0.15, 0.2) is 17.0 Å². The number of nitrogens with two attached hydrogens (primary N) is 1. The summed E-state index contributed by atoms with van der Waals surface area (Å²) in [5.74, 6) is 2.00. The lowest BCUT2D eigenvalue weighted by atomic mass is 10.0. The van der Waals surface area contributed by atoms with E-state index in [-0.39, 0.29) is 5.82 Å². The molecule has 0 amide bonds. The van der Waals surface area contributed by atoms with E-state index >= 15 is 0 Å². The summed E-state index contributed by atoms with van der Waals surface area (Å²) in [6.45, 7) is 6.43. The highest BCUT2D eigenvalue weighted by Crippen LogP contribution is 2.29. The number of imidazole rings is 1. The van der Waals surface area contributed by atoms with Crippen molar-refractivity contribution < 1.29 is 9.13 Å². The molecule has 0 fully saturated rings. The van der Waals surface area contributed by atoms with E-state index in [1.54, 1.807) is 13.3 Å². The van der Waals surface area contributed by atoms with Gasteiger partial charge in [-0.25, -0.2) is 4.98 Å². The second kappa shape index (κ2) is 9.31. The zero-order valence-electron chi connectivity index (χ0n) is 18.4. The molecule has 0 bridgehead atoms. The average Bonchev–Trinajstić information content (AvgIpc) is 3.40. The Bertz CT molecular complexity index is 1200. The number of aromatic amines is 1. The maximum atomic E-state index is 14.0. The molecule has 0 unspecified atom stereocenters. The summed E-state index contributed by atoms with van der Waals surface area (Å²) < 4.78 is 21.3. The SMILES string of the molecule is COc1ccc(-c2ccn[nH]2)c(Cc2nc3c(N)nc(F)nc3n2CCNCC(C)C)c1. The molecular weight excluding hydrogens is 411 g/mol. The van der Waals surface area contributed by atoms with Crippen LogP contribution in [0.2, 0.25) is 0 Å². The number of benzene rings is 1. The smallest absolute Gasteiger partial charge is 0.312 e. The molecule has 1 aromatic carbocycles. The van der Waals surface area contributed by atoms with Gasteiger partial charge >= 0.3 is 6.08 Å². The first kappa shape index (κ1) is 21.7. The third kappa shape index (κ3) is 4.54. The molecule has 10 heteroatoms. The highest BCUT2D eigenvalue weighted by atomic mass is 19.1. The number of hydrogen-bond donors (Lipinski definition) is 3. The average molecular weight is 439 g/mol. The van der Waals surface area contributed by atoms with Crippen molar-refractivity contribution in [2.24, 2.45) is 5.92 Å². The minimum Gasteiger partial charge on any atom is -0.497 e. The standard InChI is InChI=1S/C22H27FN8O/c1-13(2)12-25-8-9-31-18(27-19-20(24)28-22(23)29-21(19)31)11-14-10-15(32-3)4-5-16(14)17-6-7-26-30-17/h4-7,10,13,25H,8-9,11-12H2,1-3H3,(H,26,30)(H2,24,28,29). The Balaban J connectivity index is 1.75. The molecule has 0 aliphatic heterocycles. The van der Waals surface area contributed by atoms with Crippen molar-refractivity contribution >= 4 is 17.0 Å². The Morgan fingerprint density at radius 1 is 1.22 bits per heavy atom. The van der Waals surface area contributed by atoms with Crippen LogP contribution in [0.1, 0.15) is 25.2 Å². The highest BCUT2D eigenvalue weighted by Gasteiger charge is 2.19. The summed E-state index contributed by atoms with van der Waals surface area (Å²) in [7, 11) is 1.63. The van der Waals surface area contributed by atoms with Crippen LogP contribution in [0.15, 0.2) is 30.5 Å². The maximum absolute atomic E-state index is 14.0. The Labute approximate surface area is 185 Å². The lowest BCUT2D eigenvalue weighted by Gasteiger charge is -2.13. The van der Waals surface area contributed by atoms with E-state index in [1.165, 1.54) is 0 Å². The second-order valence-electron chi connectivity index (χ2n) is 8.00. The van der Waals surface area contributed by atoms with Crippen molar-refractivity contribution in [3.63, 3.8) is 0 Å². The Morgan fingerprint density at radius 2 is 2.06 bits per heavy atom. The molecule has 0 atom stereocenters. The molecule has 168 valence electrons. The van der Waals surface area contributed by atoms with Crippen LogP contribution in [0.25, 0.3) is 22.4 Å². The number of rotatable bonds is 9. The van der Waals surface area contributed by atoms with E-state index in [9.17, 15) is 4.39 Å². The van der Waals surface area contributed by atoms with Crippen molar-refractivity contribution in [2.45, 2.75) is 26.8 Å². The van der Waals surface area contributed by atoms with E-state index < -0.39 is 6.08 Å². The molecule has 0 saturated heterocycles. The summed E-state index contributed by atoms with van der Waals surface area (Å²) in [5.41, 5.74) is 9.59. The number of ether oxygens (including phenoxy) is 1. The third-order valence-electron chi connectivity index (χ3n) is 5.19. The van der Waals surface area contributed by atoms with Gasteiger partial charge in [0, 0.05) is 31.3 Å². The van der Waals surface area contributed by atoms with Gasteiger partial charge in [0.2, 0.25) is 0 Å². The van der Waals surface area contributed by atoms with Crippen molar-refractivity contribution in [2.75, 3.05) is 25.9 Å². The van der Waals surface area contributed by atoms with Crippen LogP contribution in [0.4, 0.5) is 10.2 Å². The molecule has 0 spiro atoms. The van der Waals surface area contributed by atoms with Crippen molar-refractivity contribution in [3.05, 3.63) is 47.9 Å². The third-order valence-corrected chi connectivity index (χ3v) is 5.19. The molecule has 3 aromatic heterocycles. The van der Waals surface area contributed by atoms with Gasteiger partial charge in [-0.2, -0.15) is 19.5 Å². The second-order valence-corrected chi connectivity index (χ2v) is 8.00. The first-order valence-corrected chi connectivity index (χ1v) is 10.5. The van der Waals surface area contributed by atoms with Gasteiger partial charge in [-0.15, -0.1) is 0 Å². The van der Waals surface area contributed by atoms with E-state index in [2.05, 4.69) is 39.3 Å². The first-order chi connectivity index (χ1) is 15.5. The molecule has 0 radical (unpaired) electrons. The number of halogens is 1. The number of H-pyrrole nitrogens is 1. The Morgan fingerprint density at radius 3 is 2.78 bits per heavy atom. The number of anilines is 1. The van der Waals surface area contributed by atoms with Crippen molar-refractivity contribution in [1.29, 1.82) is 0 Å². The zero-order chi connectivity index (χ0) is 22.7. The lowest BCUT2D eigenvalue weighted by Crippen LogP contribution is -2.25. The predicted octanol–water partition coefficient (Wildman–Crippen LogP) is 2.78. The molecule has 9 nitrogen and oxygen atoms in total. The fourth-order valence-electron chi connectivity index (χ4n) is 3.67. The van der Waals surface area contributed by atoms with Crippen LogP contribution in [-0.4, -0.2) is 49.9 Å². The van der Waals surface area contributed by atoms with E-state index in [0.29, 0.717) is 42.4 Å². The largest absolute Gasteiger partial charge is 0.497 e.